The van der Waals surface area contributed by atoms with Gasteiger partial charge in [0.05, 0.1) is 0 Å². The van der Waals surface area contributed by atoms with Crippen LogP contribution in [-0.4, -0.2) is 58.2 Å². The summed E-state index contributed by atoms with van der Waals surface area (Å²) in [6.45, 7) is 8.13. The number of likely N-dealkylation sites (N-methyl/N-ethyl adjacent to an activating group) is 1. The summed E-state index contributed by atoms with van der Waals surface area (Å²) in [7, 11) is 0. The molecular formula is C13H20N4O2. The van der Waals surface area contributed by atoms with Crippen molar-refractivity contribution in [1.29, 1.82) is 0 Å². The highest BCUT2D eigenvalue weighted by Gasteiger charge is 2.27. The van der Waals surface area contributed by atoms with E-state index in [1.165, 1.54) is 12.3 Å². The van der Waals surface area contributed by atoms with Gasteiger partial charge in [-0.15, -0.1) is 0 Å². The molecule has 1 aromatic heterocycles. The highest BCUT2D eigenvalue weighted by atomic mass is 16.4. The molecule has 1 unspecified atom stereocenters. The molecule has 2 heterocycles. The SMILES string of the molecule is CCN(CC)C1CCN(c2nccc(C(=O)O)n2)C1. The molecule has 0 aromatic carbocycles. The second kappa shape index (κ2) is 5.97. The Morgan fingerprint density at radius 3 is 2.89 bits per heavy atom. The Bertz CT molecular complexity index is 448. The third-order valence-electron chi connectivity index (χ3n) is 3.64. The molecule has 2 rings (SSSR count). The van der Waals surface area contributed by atoms with Crippen LogP contribution in [0.1, 0.15) is 30.8 Å². The van der Waals surface area contributed by atoms with Crippen LogP contribution in [0.4, 0.5) is 5.95 Å². The predicted octanol–water partition coefficient (Wildman–Crippen LogP) is 1.10. The molecule has 1 N–H and O–H groups in total. The Morgan fingerprint density at radius 2 is 2.26 bits per heavy atom. The van der Waals surface area contributed by atoms with Crippen molar-refractivity contribution in [2.75, 3.05) is 31.1 Å². The maximum Gasteiger partial charge on any atom is 0.354 e. The van der Waals surface area contributed by atoms with Crippen molar-refractivity contribution in [3.05, 3.63) is 18.0 Å². The Hall–Kier alpha value is -1.69. The van der Waals surface area contributed by atoms with Gasteiger partial charge in [-0.2, -0.15) is 0 Å². The normalized spacial score (nSPS) is 19.1. The maximum absolute atomic E-state index is 10.9. The van der Waals surface area contributed by atoms with Gasteiger partial charge in [-0.25, -0.2) is 14.8 Å². The van der Waals surface area contributed by atoms with Crippen molar-refractivity contribution < 1.29 is 9.90 Å². The number of carboxylic acids is 1. The molecule has 1 fully saturated rings. The number of anilines is 1. The first-order valence-electron chi connectivity index (χ1n) is 6.71. The first-order chi connectivity index (χ1) is 9.15. The van der Waals surface area contributed by atoms with E-state index in [4.69, 9.17) is 5.11 Å². The number of hydrogen-bond acceptors (Lipinski definition) is 5. The second-order valence-electron chi connectivity index (χ2n) is 4.66. The number of aromatic carboxylic acids is 1. The quantitative estimate of drug-likeness (QED) is 0.858. The molecule has 1 saturated heterocycles. The van der Waals surface area contributed by atoms with Crippen molar-refractivity contribution in [3.8, 4) is 0 Å². The van der Waals surface area contributed by atoms with Gasteiger partial charge in [0.15, 0.2) is 5.69 Å². The zero-order valence-corrected chi connectivity index (χ0v) is 11.4. The molecule has 1 aliphatic heterocycles. The summed E-state index contributed by atoms with van der Waals surface area (Å²) in [6.07, 6.45) is 2.58. The van der Waals surface area contributed by atoms with E-state index in [0.717, 1.165) is 32.6 Å². The lowest BCUT2D eigenvalue weighted by Gasteiger charge is -2.26. The highest BCUT2D eigenvalue weighted by molar-refractivity contribution is 5.85. The lowest BCUT2D eigenvalue weighted by molar-refractivity contribution is 0.0690. The third-order valence-corrected chi connectivity index (χ3v) is 3.64. The molecule has 0 bridgehead atoms. The lowest BCUT2D eigenvalue weighted by atomic mass is 10.2. The van der Waals surface area contributed by atoms with Crippen molar-refractivity contribution in [2.45, 2.75) is 26.3 Å². The van der Waals surface area contributed by atoms with Crippen LogP contribution in [0, 0.1) is 0 Å². The highest BCUT2D eigenvalue weighted by Crippen LogP contribution is 2.19. The van der Waals surface area contributed by atoms with Gasteiger partial charge in [0.2, 0.25) is 5.95 Å². The van der Waals surface area contributed by atoms with Gasteiger partial charge in [-0.3, -0.25) is 4.90 Å². The van der Waals surface area contributed by atoms with Crippen LogP contribution in [-0.2, 0) is 0 Å². The fraction of sp³-hybridized carbons (Fsp3) is 0.615. The molecule has 104 valence electrons. The minimum atomic E-state index is -1.01. The first-order valence-corrected chi connectivity index (χ1v) is 6.71. The monoisotopic (exact) mass is 264 g/mol. The van der Waals surface area contributed by atoms with Crippen LogP contribution in [0.2, 0.25) is 0 Å². The molecule has 0 spiro atoms. The van der Waals surface area contributed by atoms with Crippen LogP contribution in [0.15, 0.2) is 12.3 Å². The summed E-state index contributed by atoms with van der Waals surface area (Å²) in [4.78, 5) is 23.7. The van der Waals surface area contributed by atoms with Gasteiger partial charge in [0.25, 0.3) is 0 Å². The summed E-state index contributed by atoms with van der Waals surface area (Å²) in [5, 5.41) is 8.95. The Balaban J connectivity index is 2.08. The number of nitrogens with zero attached hydrogens (tertiary/aromatic N) is 4. The van der Waals surface area contributed by atoms with Crippen LogP contribution in [0.25, 0.3) is 0 Å². The molecule has 6 nitrogen and oxygen atoms in total. The van der Waals surface area contributed by atoms with E-state index < -0.39 is 5.97 Å². The number of carbonyl (C=O) groups is 1. The predicted molar refractivity (Wildman–Crippen MR) is 72.5 cm³/mol. The van der Waals surface area contributed by atoms with Crippen molar-refractivity contribution >= 4 is 11.9 Å². The van der Waals surface area contributed by atoms with Gasteiger partial charge < -0.3 is 10.0 Å². The van der Waals surface area contributed by atoms with E-state index in [0.29, 0.717) is 12.0 Å². The Morgan fingerprint density at radius 1 is 1.53 bits per heavy atom. The summed E-state index contributed by atoms with van der Waals surface area (Å²) in [5.41, 5.74) is 0.0521. The van der Waals surface area contributed by atoms with E-state index in [2.05, 4.69) is 33.6 Å². The molecule has 0 aliphatic carbocycles. The van der Waals surface area contributed by atoms with Gasteiger partial charge in [0, 0.05) is 25.3 Å². The molecule has 1 atom stereocenters. The van der Waals surface area contributed by atoms with Gasteiger partial charge >= 0.3 is 5.97 Å². The molecular weight excluding hydrogens is 244 g/mol. The van der Waals surface area contributed by atoms with Crippen molar-refractivity contribution in [2.24, 2.45) is 0 Å². The van der Waals surface area contributed by atoms with Gasteiger partial charge in [0.1, 0.15) is 0 Å². The average molecular weight is 264 g/mol. The van der Waals surface area contributed by atoms with E-state index in [1.54, 1.807) is 0 Å². The number of hydrogen-bond donors (Lipinski definition) is 1. The van der Waals surface area contributed by atoms with Gasteiger partial charge in [-0.05, 0) is 25.6 Å². The molecule has 6 heteroatoms. The summed E-state index contributed by atoms with van der Waals surface area (Å²) >= 11 is 0. The average Bonchev–Trinajstić information content (AvgIpc) is 2.90. The topological polar surface area (TPSA) is 69.6 Å². The van der Waals surface area contributed by atoms with Crippen LogP contribution < -0.4 is 4.90 Å². The Kier molecular flexibility index (Phi) is 4.31. The lowest BCUT2D eigenvalue weighted by Crippen LogP contribution is -2.37. The fourth-order valence-electron chi connectivity index (χ4n) is 2.58. The van der Waals surface area contributed by atoms with Crippen molar-refractivity contribution in [3.63, 3.8) is 0 Å². The minimum absolute atomic E-state index is 0.0521. The summed E-state index contributed by atoms with van der Waals surface area (Å²) in [5.74, 6) is -0.488. The third kappa shape index (κ3) is 3.01. The molecule has 0 radical (unpaired) electrons. The van der Waals surface area contributed by atoms with Crippen molar-refractivity contribution in [1.82, 2.24) is 14.9 Å². The van der Waals surface area contributed by atoms with Gasteiger partial charge in [-0.1, -0.05) is 13.8 Å². The standard InChI is InChI=1S/C13H20N4O2/c1-3-16(4-2)10-6-8-17(9-10)13-14-7-5-11(15-13)12(18)19/h5,7,10H,3-4,6,8-9H2,1-2H3,(H,18,19). The smallest absolute Gasteiger partial charge is 0.354 e. The minimum Gasteiger partial charge on any atom is -0.477 e. The van der Waals surface area contributed by atoms with Crippen LogP contribution in [0.3, 0.4) is 0 Å². The molecule has 1 aromatic rings. The zero-order chi connectivity index (χ0) is 13.8. The molecule has 19 heavy (non-hydrogen) atoms. The number of aromatic nitrogens is 2. The molecule has 1 aliphatic rings. The van der Waals surface area contributed by atoms with E-state index in [9.17, 15) is 4.79 Å². The van der Waals surface area contributed by atoms with E-state index >= 15 is 0 Å². The van der Waals surface area contributed by atoms with Crippen LogP contribution in [0.5, 0.6) is 0 Å². The maximum atomic E-state index is 10.9. The first kappa shape index (κ1) is 13.7. The van der Waals surface area contributed by atoms with Crippen LogP contribution >= 0.6 is 0 Å². The van der Waals surface area contributed by atoms with E-state index in [-0.39, 0.29) is 5.69 Å². The zero-order valence-electron chi connectivity index (χ0n) is 11.4. The second-order valence-corrected chi connectivity index (χ2v) is 4.66. The van der Waals surface area contributed by atoms with E-state index in [1.807, 2.05) is 0 Å². The molecule has 0 saturated carbocycles. The summed E-state index contributed by atoms with van der Waals surface area (Å²) in [6, 6.07) is 1.93. The Labute approximate surface area is 113 Å². The summed E-state index contributed by atoms with van der Waals surface area (Å²) < 4.78 is 0. The largest absolute Gasteiger partial charge is 0.477 e. The fourth-order valence-corrected chi connectivity index (χ4v) is 2.58. The number of rotatable bonds is 5. The number of carboxylic acid groups (broad SMARTS) is 1. The molecule has 0 amide bonds.